The molecule has 0 saturated heterocycles. The molecule has 9 heteroatoms. The monoisotopic (exact) mass is 442 g/mol. The number of nitrogens with one attached hydrogen (secondary N) is 4. The molecule has 2 aromatic rings. The van der Waals surface area contributed by atoms with Crippen LogP contribution in [-0.2, 0) is 22.4 Å². The molecule has 0 spiro atoms. The van der Waals surface area contributed by atoms with Crippen LogP contribution in [0.15, 0.2) is 24.3 Å². The molecule has 0 bridgehead atoms. The number of hydrazine groups is 1. The van der Waals surface area contributed by atoms with Crippen LogP contribution in [-0.4, -0.2) is 23.6 Å². The maximum absolute atomic E-state index is 12.6. The Kier molecular flexibility index (Phi) is 7.41. The number of amides is 4. The topological polar surface area (TPSA) is 116 Å². The number of carbonyl (C=O) groups excluding carboxylic acids is 4. The maximum atomic E-state index is 12.6. The van der Waals surface area contributed by atoms with Crippen LogP contribution < -0.4 is 21.5 Å². The maximum Gasteiger partial charge on any atom is 0.279 e. The van der Waals surface area contributed by atoms with Crippen molar-refractivity contribution in [1.29, 1.82) is 0 Å². The van der Waals surface area contributed by atoms with Crippen molar-refractivity contribution in [3.8, 4) is 0 Å². The Morgan fingerprint density at radius 1 is 0.742 bits per heavy atom. The third-order valence-corrected chi connectivity index (χ3v) is 6.08. The van der Waals surface area contributed by atoms with Gasteiger partial charge in [-0.2, -0.15) is 0 Å². The number of thiophene rings is 1. The van der Waals surface area contributed by atoms with Gasteiger partial charge in [0.1, 0.15) is 0 Å². The van der Waals surface area contributed by atoms with E-state index in [9.17, 15) is 19.2 Å². The molecule has 0 aliphatic heterocycles. The van der Waals surface area contributed by atoms with Crippen LogP contribution in [0.1, 0.15) is 70.0 Å². The molecule has 0 unspecified atom stereocenters. The fraction of sp³-hybridized carbons (Fsp3) is 0.364. The average Bonchev–Trinajstić information content (AvgIpc) is 3.06. The highest BCUT2D eigenvalue weighted by atomic mass is 32.1. The van der Waals surface area contributed by atoms with Crippen LogP contribution >= 0.6 is 11.3 Å². The number of fused-ring (bicyclic) bond motifs is 1. The molecule has 0 fully saturated rings. The third-order valence-electron chi connectivity index (χ3n) is 4.85. The first kappa shape index (κ1) is 22.5. The molecular weight excluding hydrogens is 416 g/mol. The van der Waals surface area contributed by atoms with Crippen molar-refractivity contribution >= 4 is 46.3 Å². The Hall–Kier alpha value is -3.20. The van der Waals surface area contributed by atoms with Crippen molar-refractivity contribution in [1.82, 2.24) is 10.9 Å². The lowest BCUT2D eigenvalue weighted by molar-refractivity contribution is -0.115. The summed E-state index contributed by atoms with van der Waals surface area (Å²) in [6, 6.07) is 6.38. The zero-order valence-corrected chi connectivity index (χ0v) is 18.4. The molecule has 31 heavy (non-hydrogen) atoms. The van der Waals surface area contributed by atoms with E-state index in [4.69, 9.17) is 0 Å². The number of anilines is 2. The van der Waals surface area contributed by atoms with Crippen LogP contribution in [0.4, 0.5) is 11.4 Å². The van der Waals surface area contributed by atoms with E-state index < -0.39 is 5.91 Å². The first-order valence-electron chi connectivity index (χ1n) is 10.2. The van der Waals surface area contributed by atoms with Gasteiger partial charge in [0.15, 0.2) is 0 Å². The Bertz CT molecular complexity index is 955. The van der Waals surface area contributed by atoms with Crippen molar-refractivity contribution in [3.63, 3.8) is 0 Å². The van der Waals surface area contributed by atoms with Gasteiger partial charge in [0.25, 0.3) is 11.8 Å². The van der Waals surface area contributed by atoms with Crippen molar-refractivity contribution in [2.24, 2.45) is 0 Å². The van der Waals surface area contributed by atoms with Gasteiger partial charge in [0, 0.05) is 35.7 Å². The van der Waals surface area contributed by atoms with E-state index in [1.807, 2.05) is 6.07 Å². The summed E-state index contributed by atoms with van der Waals surface area (Å²) >= 11 is 1.47. The minimum Gasteiger partial charge on any atom is -0.326 e. The fourth-order valence-corrected chi connectivity index (χ4v) is 4.66. The summed E-state index contributed by atoms with van der Waals surface area (Å²) in [7, 11) is 0. The van der Waals surface area contributed by atoms with Gasteiger partial charge < -0.3 is 10.6 Å². The summed E-state index contributed by atoms with van der Waals surface area (Å²) in [6.07, 6.45) is 6.65. The second-order valence-corrected chi connectivity index (χ2v) is 8.68. The van der Waals surface area contributed by atoms with Crippen LogP contribution in [0, 0.1) is 0 Å². The van der Waals surface area contributed by atoms with E-state index in [2.05, 4.69) is 21.5 Å². The molecular formula is C22H26N4O4S. The molecule has 0 saturated carbocycles. The molecule has 4 N–H and O–H groups in total. The highest BCUT2D eigenvalue weighted by Gasteiger charge is 2.17. The lowest BCUT2D eigenvalue weighted by Crippen LogP contribution is -2.41. The number of aryl methyl sites for hydroxylation is 2. The zero-order chi connectivity index (χ0) is 22.4. The normalized spacial score (nSPS) is 13.2. The molecule has 0 radical (unpaired) electrons. The largest absolute Gasteiger partial charge is 0.326 e. The van der Waals surface area contributed by atoms with Gasteiger partial charge in [-0.25, -0.2) is 0 Å². The van der Waals surface area contributed by atoms with Crippen LogP contribution in [0.5, 0.6) is 0 Å². The lowest BCUT2D eigenvalue weighted by Gasteiger charge is -2.11. The standard InChI is InChI=1S/C22H26N4O4S/c1-13(27)23-17-9-16(10-18(12-17)24-14(2)28)21(29)25-26-22(30)20-11-15-7-5-3-4-6-8-19(15)31-20/h9-12H,3-8H2,1-2H3,(H,23,27)(H,24,28)(H,25,29)(H,26,30). The first-order valence-corrected chi connectivity index (χ1v) is 11.1. The molecule has 8 nitrogen and oxygen atoms in total. The smallest absolute Gasteiger partial charge is 0.279 e. The molecule has 1 aromatic carbocycles. The first-order chi connectivity index (χ1) is 14.8. The summed E-state index contributed by atoms with van der Waals surface area (Å²) in [4.78, 5) is 49.7. The van der Waals surface area contributed by atoms with Crippen LogP contribution in [0.2, 0.25) is 0 Å². The average molecular weight is 443 g/mol. The summed E-state index contributed by atoms with van der Waals surface area (Å²) in [5.74, 6) is -1.56. The minimum absolute atomic E-state index is 0.175. The quantitative estimate of drug-likeness (QED) is 0.543. The van der Waals surface area contributed by atoms with E-state index in [0.29, 0.717) is 16.3 Å². The molecule has 1 aliphatic carbocycles. The molecule has 0 atom stereocenters. The van der Waals surface area contributed by atoms with Gasteiger partial charge in [0.05, 0.1) is 4.88 Å². The number of hydrogen-bond donors (Lipinski definition) is 4. The lowest BCUT2D eigenvalue weighted by atomic mass is 10.00. The van der Waals surface area contributed by atoms with Crippen molar-refractivity contribution in [3.05, 3.63) is 45.1 Å². The van der Waals surface area contributed by atoms with Crippen molar-refractivity contribution < 1.29 is 19.2 Å². The van der Waals surface area contributed by atoms with Crippen LogP contribution in [0.25, 0.3) is 0 Å². The zero-order valence-electron chi connectivity index (χ0n) is 17.6. The van der Waals surface area contributed by atoms with Crippen molar-refractivity contribution in [2.75, 3.05) is 10.6 Å². The van der Waals surface area contributed by atoms with E-state index in [0.717, 1.165) is 25.7 Å². The third kappa shape index (κ3) is 6.39. The Labute approximate surface area is 184 Å². The number of benzene rings is 1. The van der Waals surface area contributed by atoms with E-state index >= 15 is 0 Å². The van der Waals surface area contributed by atoms with Gasteiger partial charge >= 0.3 is 0 Å². The summed E-state index contributed by atoms with van der Waals surface area (Å²) in [6.45, 7) is 2.69. The predicted octanol–water partition coefficient (Wildman–Crippen LogP) is 3.40. The predicted molar refractivity (Wildman–Crippen MR) is 120 cm³/mol. The number of rotatable bonds is 4. The Morgan fingerprint density at radius 3 is 1.94 bits per heavy atom. The van der Waals surface area contributed by atoms with Gasteiger partial charge in [0.2, 0.25) is 11.8 Å². The summed E-state index contributed by atoms with van der Waals surface area (Å²) in [5, 5.41) is 5.17. The number of hydrogen-bond acceptors (Lipinski definition) is 5. The highest BCUT2D eigenvalue weighted by molar-refractivity contribution is 7.14. The molecule has 164 valence electrons. The number of carbonyl (C=O) groups is 4. The Morgan fingerprint density at radius 2 is 1.32 bits per heavy atom. The molecule has 1 aromatic heterocycles. The van der Waals surface area contributed by atoms with Crippen molar-refractivity contribution in [2.45, 2.75) is 52.4 Å². The molecule has 4 amide bonds. The Balaban J connectivity index is 1.69. The summed E-state index contributed by atoms with van der Waals surface area (Å²) < 4.78 is 0. The molecule has 1 aliphatic rings. The van der Waals surface area contributed by atoms with Crippen LogP contribution in [0.3, 0.4) is 0 Å². The van der Waals surface area contributed by atoms with Gasteiger partial charge in [-0.1, -0.05) is 12.8 Å². The van der Waals surface area contributed by atoms with Gasteiger partial charge in [-0.3, -0.25) is 30.0 Å². The highest BCUT2D eigenvalue weighted by Crippen LogP contribution is 2.28. The van der Waals surface area contributed by atoms with E-state index in [1.54, 1.807) is 6.07 Å². The van der Waals surface area contributed by atoms with E-state index in [1.165, 1.54) is 60.6 Å². The van der Waals surface area contributed by atoms with Gasteiger partial charge in [-0.15, -0.1) is 11.3 Å². The van der Waals surface area contributed by atoms with E-state index in [-0.39, 0.29) is 23.3 Å². The molecule has 3 rings (SSSR count). The summed E-state index contributed by atoms with van der Waals surface area (Å²) in [5.41, 5.74) is 6.97. The second kappa shape index (κ2) is 10.2. The SMILES string of the molecule is CC(=O)Nc1cc(NC(C)=O)cc(C(=O)NNC(=O)c2cc3c(s2)CCCCCC3)c1. The minimum atomic E-state index is -0.568. The molecule has 1 heterocycles. The second-order valence-electron chi connectivity index (χ2n) is 7.54. The fourth-order valence-electron chi connectivity index (χ4n) is 3.51. The van der Waals surface area contributed by atoms with Gasteiger partial charge in [-0.05, 0) is 55.5 Å².